The van der Waals surface area contributed by atoms with Crippen molar-refractivity contribution in [1.82, 2.24) is 0 Å². The zero-order valence-corrected chi connectivity index (χ0v) is 7.46. The lowest BCUT2D eigenvalue weighted by Crippen LogP contribution is -2.09. The standard InChI is InChI=1S/C8H12N2O2/c1-5(2)9-7(4)10-6(3)8(11)12/h1H2,2-4H3,(H,11,12). The summed E-state index contributed by atoms with van der Waals surface area (Å²) in [5.41, 5.74) is 0.631. The van der Waals surface area contributed by atoms with Crippen LogP contribution in [0.15, 0.2) is 22.3 Å². The van der Waals surface area contributed by atoms with Crippen LogP contribution >= 0.6 is 0 Å². The van der Waals surface area contributed by atoms with E-state index in [-0.39, 0.29) is 5.71 Å². The van der Waals surface area contributed by atoms with Crippen molar-refractivity contribution in [2.45, 2.75) is 20.8 Å². The number of rotatable bonds is 2. The van der Waals surface area contributed by atoms with Crippen LogP contribution in [0.5, 0.6) is 0 Å². The Kier molecular flexibility index (Phi) is 3.90. The molecule has 0 atom stereocenters. The van der Waals surface area contributed by atoms with E-state index in [2.05, 4.69) is 16.6 Å². The summed E-state index contributed by atoms with van der Waals surface area (Å²) >= 11 is 0. The molecule has 1 N–H and O–H groups in total. The molecule has 0 heterocycles. The third kappa shape index (κ3) is 4.38. The van der Waals surface area contributed by atoms with Crippen LogP contribution in [0.25, 0.3) is 0 Å². The fraction of sp³-hybridized carbons (Fsp3) is 0.375. The van der Waals surface area contributed by atoms with Crippen LogP contribution in [0.1, 0.15) is 20.8 Å². The molecule has 0 aromatic heterocycles. The summed E-state index contributed by atoms with van der Waals surface area (Å²) in [6.45, 7) is 8.30. The molecule has 0 aliphatic carbocycles. The Bertz CT molecular complexity index is 264. The van der Waals surface area contributed by atoms with Crippen molar-refractivity contribution in [2.75, 3.05) is 0 Å². The molecule has 66 valence electrons. The number of nitrogens with zero attached hydrogens (tertiary/aromatic N) is 2. The van der Waals surface area contributed by atoms with Crippen molar-refractivity contribution in [3.8, 4) is 0 Å². The van der Waals surface area contributed by atoms with Gasteiger partial charge in [0.05, 0.1) is 0 Å². The molecule has 0 saturated carbocycles. The summed E-state index contributed by atoms with van der Waals surface area (Å²) in [4.78, 5) is 17.9. The first-order valence-corrected chi connectivity index (χ1v) is 3.43. The summed E-state index contributed by atoms with van der Waals surface area (Å²) in [5.74, 6) is -0.631. The number of hydrogen-bond donors (Lipinski definition) is 1. The second-order valence-electron chi connectivity index (χ2n) is 2.40. The molecule has 0 radical (unpaired) electrons. The van der Waals surface area contributed by atoms with Gasteiger partial charge in [0.15, 0.2) is 0 Å². The Balaban J connectivity index is 4.54. The lowest BCUT2D eigenvalue weighted by molar-refractivity contribution is -0.129. The van der Waals surface area contributed by atoms with E-state index < -0.39 is 5.97 Å². The molecule has 0 aromatic rings. The molecule has 0 amide bonds. The van der Waals surface area contributed by atoms with E-state index in [4.69, 9.17) is 5.11 Å². The van der Waals surface area contributed by atoms with Gasteiger partial charge in [-0.25, -0.2) is 14.8 Å². The maximum atomic E-state index is 10.3. The molecule has 0 aliphatic rings. The fourth-order valence-corrected chi connectivity index (χ4v) is 0.592. The number of amidine groups is 1. The molecule has 0 rings (SSSR count). The lowest BCUT2D eigenvalue weighted by atomic mass is 10.4. The molecule has 4 nitrogen and oxygen atoms in total. The Morgan fingerprint density at radius 1 is 1.25 bits per heavy atom. The van der Waals surface area contributed by atoms with Gasteiger partial charge >= 0.3 is 5.97 Å². The topological polar surface area (TPSA) is 62.0 Å². The zero-order chi connectivity index (χ0) is 9.72. The quantitative estimate of drug-likeness (QED) is 0.501. The lowest BCUT2D eigenvalue weighted by Gasteiger charge is -1.93. The van der Waals surface area contributed by atoms with Gasteiger partial charge in [-0.05, 0) is 20.8 Å². The molecule has 4 heteroatoms. The molecule has 0 unspecified atom stereocenters. The van der Waals surface area contributed by atoms with Crippen LogP contribution in [0, 0.1) is 0 Å². The molecule has 0 aliphatic heterocycles. The van der Waals surface area contributed by atoms with Gasteiger partial charge in [0, 0.05) is 5.70 Å². The third-order valence-electron chi connectivity index (χ3n) is 0.992. The van der Waals surface area contributed by atoms with E-state index in [1.807, 2.05) is 0 Å². The van der Waals surface area contributed by atoms with Crippen LogP contribution in [-0.2, 0) is 4.79 Å². The number of aliphatic imine (C=N–C) groups is 2. The Morgan fingerprint density at radius 3 is 2.08 bits per heavy atom. The van der Waals surface area contributed by atoms with E-state index in [1.165, 1.54) is 6.92 Å². The van der Waals surface area contributed by atoms with Gasteiger partial charge in [-0.1, -0.05) is 6.58 Å². The van der Waals surface area contributed by atoms with Gasteiger partial charge in [0.25, 0.3) is 0 Å². The summed E-state index contributed by atoms with van der Waals surface area (Å²) in [6.07, 6.45) is 0. The Morgan fingerprint density at radius 2 is 1.75 bits per heavy atom. The number of allylic oxidation sites excluding steroid dienone is 1. The highest BCUT2D eigenvalue weighted by atomic mass is 16.4. The van der Waals surface area contributed by atoms with Crippen molar-refractivity contribution in [1.29, 1.82) is 0 Å². The zero-order valence-electron chi connectivity index (χ0n) is 7.46. The molecular formula is C8H12N2O2. The maximum Gasteiger partial charge on any atom is 0.349 e. The van der Waals surface area contributed by atoms with E-state index >= 15 is 0 Å². The first-order chi connectivity index (χ1) is 5.43. The largest absolute Gasteiger partial charge is 0.477 e. The summed E-state index contributed by atoms with van der Waals surface area (Å²) < 4.78 is 0. The monoisotopic (exact) mass is 168 g/mol. The number of carbonyl (C=O) groups is 1. The predicted molar refractivity (Wildman–Crippen MR) is 48.7 cm³/mol. The first kappa shape index (κ1) is 10.6. The molecule has 0 bridgehead atoms. The van der Waals surface area contributed by atoms with Crippen molar-refractivity contribution in [3.63, 3.8) is 0 Å². The third-order valence-corrected chi connectivity index (χ3v) is 0.992. The molecule has 0 fully saturated rings. The van der Waals surface area contributed by atoms with Gasteiger partial charge in [0.1, 0.15) is 11.5 Å². The highest BCUT2D eigenvalue weighted by Crippen LogP contribution is 1.92. The highest BCUT2D eigenvalue weighted by molar-refractivity contribution is 6.36. The average Bonchev–Trinajstić information content (AvgIpc) is 1.84. The predicted octanol–water partition coefficient (Wildman–Crippen LogP) is 1.48. The van der Waals surface area contributed by atoms with Crippen molar-refractivity contribution >= 4 is 17.5 Å². The first-order valence-electron chi connectivity index (χ1n) is 3.43. The molecule has 12 heavy (non-hydrogen) atoms. The molecule has 0 spiro atoms. The van der Waals surface area contributed by atoms with Crippen LogP contribution < -0.4 is 0 Å². The summed E-state index contributed by atoms with van der Waals surface area (Å²) in [6, 6.07) is 0. The van der Waals surface area contributed by atoms with E-state index in [9.17, 15) is 4.79 Å². The number of aliphatic carboxylic acids is 1. The van der Waals surface area contributed by atoms with Gasteiger partial charge in [-0.2, -0.15) is 0 Å². The van der Waals surface area contributed by atoms with Crippen molar-refractivity contribution < 1.29 is 9.90 Å². The van der Waals surface area contributed by atoms with Gasteiger partial charge in [-0.15, -0.1) is 0 Å². The fourth-order valence-electron chi connectivity index (χ4n) is 0.592. The maximum absolute atomic E-state index is 10.3. The van der Waals surface area contributed by atoms with Crippen LogP contribution in [-0.4, -0.2) is 22.6 Å². The van der Waals surface area contributed by atoms with Gasteiger partial charge < -0.3 is 5.11 Å². The Hall–Kier alpha value is -1.45. The van der Waals surface area contributed by atoms with Crippen LogP contribution in [0.2, 0.25) is 0 Å². The minimum absolute atomic E-state index is 0.0255. The van der Waals surface area contributed by atoms with Crippen LogP contribution in [0.4, 0.5) is 0 Å². The summed E-state index contributed by atoms with van der Waals surface area (Å²) in [7, 11) is 0. The van der Waals surface area contributed by atoms with E-state index in [1.54, 1.807) is 13.8 Å². The molecule has 0 saturated heterocycles. The van der Waals surface area contributed by atoms with Crippen molar-refractivity contribution in [2.24, 2.45) is 9.98 Å². The summed E-state index contributed by atoms with van der Waals surface area (Å²) in [5, 5.41) is 8.46. The SMILES string of the molecule is C=C(C)N=C(C)N=C(C)C(=O)O. The highest BCUT2D eigenvalue weighted by Gasteiger charge is 2.00. The smallest absolute Gasteiger partial charge is 0.349 e. The van der Waals surface area contributed by atoms with E-state index in [0.29, 0.717) is 11.5 Å². The molecule has 0 aromatic carbocycles. The number of carboxylic acids is 1. The minimum atomic E-state index is -1.04. The number of carboxylic acid groups (broad SMARTS) is 1. The Labute approximate surface area is 71.4 Å². The van der Waals surface area contributed by atoms with Crippen LogP contribution in [0.3, 0.4) is 0 Å². The average molecular weight is 168 g/mol. The minimum Gasteiger partial charge on any atom is -0.477 e. The second-order valence-corrected chi connectivity index (χ2v) is 2.40. The normalized spacial score (nSPS) is 12.9. The number of hydrogen-bond acceptors (Lipinski definition) is 2. The van der Waals surface area contributed by atoms with E-state index in [0.717, 1.165) is 0 Å². The van der Waals surface area contributed by atoms with Crippen molar-refractivity contribution in [3.05, 3.63) is 12.3 Å². The van der Waals surface area contributed by atoms with Gasteiger partial charge in [-0.3, -0.25) is 0 Å². The van der Waals surface area contributed by atoms with Gasteiger partial charge in [0.2, 0.25) is 0 Å². The molecular weight excluding hydrogens is 156 g/mol. The second kappa shape index (κ2) is 4.43.